The highest BCUT2D eigenvalue weighted by atomic mass is 32.1. The SMILES string of the molecule is NC1CC1c1ccc(NC(=O)c2cccc(-c3ccsc3)c2)cc1. The summed E-state index contributed by atoms with van der Waals surface area (Å²) >= 11 is 1.65. The van der Waals surface area contributed by atoms with Crippen molar-refractivity contribution < 1.29 is 4.79 Å². The summed E-state index contributed by atoms with van der Waals surface area (Å²) in [5.41, 5.74) is 10.8. The van der Waals surface area contributed by atoms with E-state index in [2.05, 4.69) is 28.9 Å². The summed E-state index contributed by atoms with van der Waals surface area (Å²) in [4.78, 5) is 12.5. The van der Waals surface area contributed by atoms with E-state index < -0.39 is 0 Å². The minimum atomic E-state index is -0.0945. The Labute approximate surface area is 145 Å². The second-order valence-corrected chi connectivity index (χ2v) is 6.96. The maximum Gasteiger partial charge on any atom is 0.255 e. The van der Waals surface area contributed by atoms with E-state index in [0.717, 1.165) is 23.2 Å². The number of thiophene rings is 1. The minimum absolute atomic E-state index is 0.0945. The van der Waals surface area contributed by atoms with Crippen molar-refractivity contribution in [2.24, 2.45) is 5.73 Å². The molecule has 4 rings (SSSR count). The number of benzene rings is 2. The number of carbonyl (C=O) groups excluding carboxylic acids is 1. The van der Waals surface area contributed by atoms with Crippen LogP contribution >= 0.6 is 11.3 Å². The highest BCUT2D eigenvalue weighted by Gasteiger charge is 2.34. The fourth-order valence-corrected chi connectivity index (χ4v) is 3.55. The van der Waals surface area contributed by atoms with Gasteiger partial charge in [-0.25, -0.2) is 0 Å². The lowest BCUT2D eigenvalue weighted by molar-refractivity contribution is 0.102. The molecule has 1 heterocycles. The number of hydrogen-bond donors (Lipinski definition) is 2. The molecule has 24 heavy (non-hydrogen) atoms. The quantitative estimate of drug-likeness (QED) is 0.739. The van der Waals surface area contributed by atoms with Crippen LogP contribution in [0.3, 0.4) is 0 Å². The Bertz CT molecular complexity index is 856. The molecular weight excluding hydrogens is 316 g/mol. The van der Waals surface area contributed by atoms with E-state index in [1.807, 2.05) is 41.8 Å². The average Bonchev–Trinajstić information content (AvgIpc) is 3.11. The molecule has 0 aliphatic heterocycles. The van der Waals surface area contributed by atoms with Crippen molar-refractivity contribution >= 4 is 22.9 Å². The first-order valence-corrected chi connectivity index (χ1v) is 8.94. The minimum Gasteiger partial charge on any atom is -0.327 e. The van der Waals surface area contributed by atoms with Crippen molar-refractivity contribution in [2.45, 2.75) is 18.4 Å². The van der Waals surface area contributed by atoms with Gasteiger partial charge in [-0.2, -0.15) is 11.3 Å². The number of nitrogens with two attached hydrogens (primary N) is 1. The Morgan fingerprint density at radius 2 is 1.88 bits per heavy atom. The lowest BCUT2D eigenvalue weighted by atomic mass is 10.1. The molecule has 0 spiro atoms. The normalized spacial score (nSPS) is 19.0. The molecule has 3 N–H and O–H groups in total. The predicted molar refractivity (Wildman–Crippen MR) is 99.5 cm³/mol. The number of carbonyl (C=O) groups is 1. The molecule has 2 aromatic carbocycles. The molecule has 2 atom stereocenters. The molecular formula is C20H18N2OS. The van der Waals surface area contributed by atoms with Crippen molar-refractivity contribution in [1.82, 2.24) is 0 Å². The molecule has 1 amide bonds. The number of hydrogen-bond acceptors (Lipinski definition) is 3. The van der Waals surface area contributed by atoms with Crippen LogP contribution in [0.4, 0.5) is 5.69 Å². The van der Waals surface area contributed by atoms with Gasteiger partial charge in [-0.15, -0.1) is 0 Å². The van der Waals surface area contributed by atoms with Crippen LogP contribution in [0.5, 0.6) is 0 Å². The predicted octanol–water partition coefficient (Wildman–Crippen LogP) is 4.48. The standard InChI is InChI=1S/C20H18N2OS/c21-19-11-18(19)13-4-6-17(7-5-13)22-20(23)15-3-1-2-14(10-15)16-8-9-24-12-16/h1-10,12,18-19H,11,21H2,(H,22,23). The van der Waals surface area contributed by atoms with Crippen LogP contribution in [0, 0.1) is 0 Å². The maximum absolute atomic E-state index is 12.5. The molecule has 0 radical (unpaired) electrons. The zero-order chi connectivity index (χ0) is 16.5. The Morgan fingerprint density at radius 1 is 1.08 bits per heavy atom. The summed E-state index contributed by atoms with van der Waals surface area (Å²) in [5, 5.41) is 7.08. The largest absolute Gasteiger partial charge is 0.327 e. The Kier molecular flexibility index (Phi) is 3.92. The van der Waals surface area contributed by atoms with Crippen LogP contribution in [-0.2, 0) is 0 Å². The number of anilines is 1. The number of rotatable bonds is 4. The van der Waals surface area contributed by atoms with Gasteiger partial charge in [0.15, 0.2) is 0 Å². The van der Waals surface area contributed by atoms with E-state index in [0.29, 0.717) is 17.5 Å². The summed E-state index contributed by atoms with van der Waals surface area (Å²) < 4.78 is 0. The summed E-state index contributed by atoms with van der Waals surface area (Å²) in [6, 6.07) is 18.0. The number of nitrogens with one attached hydrogen (secondary N) is 1. The first-order valence-electron chi connectivity index (χ1n) is 8.00. The van der Waals surface area contributed by atoms with E-state index in [-0.39, 0.29) is 5.91 Å². The van der Waals surface area contributed by atoms with Gasteiger partial charge in [0, 0.05) is 23.2 Å². The molecule has 1 fully saturated rings. The van der Waals surface area contributed by atoms with Gasteiger partial charge in [0.2, 0.25) is 0 Å². The van der Waals surface area contributed by atoms with Crippen LogP contribution < -0.4 is 11.1 Å². The van der Waals surface area contributed by atoms with Gasteiger partial charge < -0.3 is 11.1 Å². The molecule has 1 aromatic heterocycles. The van der Waals surface area contributed by atoms with Crippen LogP contribution in [0.15, 0.2) is 65.4 Å². The van der Waals surface area contributed by atoms with Gasteiger partial charge in [0.25, 0.3) is 5.91 Å². The Hall–Kier alpha value is -2.43. The Morgan fingerprint density at radius 3 is 2.54 bits per heavy atom. The van der Waals surface area contributed by atoms with E-state index in [1.165, 1.54) is 5.56 Å². The van der Waals surface area contributed by atoms with Crippen LogP contribution in [0.2, 0.25) is 0 Å². The van der Waals surface area contributed by atoms with Gasteiger partial charge in [-0.3, -0.25) is 4.79 Å². The van der Waals surface area contributed by atoms with Crippen LogP contribution in [0.1, 0.15) is 28.3 Å². The molecule has 1 aliphatic carbocycles. The summed E-state index contributed by atoms with van der Waals surface area (Å²) in [5.74, 6) is 0.389. The molecule has 0 bridgehead atoms. The molecule has 1 saturated carbocycles. The third kappa shape index (κ3) is 3.11. The highest BCUT2D eigenvalue weighted by Crippen LogP contribution is 2.39. The fourth-order valence-electron chi connectivity index (χ4n) is 2.88. The van der Waals surface area contributed by atoms with Crippen molar-refractivity contribution in [2.75, 3.05) is 5.32 Å². The highest BCUT2D eigenvalue weighted by molar-refractivity contribution is 7.08. The lowest BCUT2D eigenvalue weighted by Gasteiger charge is -2.08. The van der Waals surface area contributed by atoms with Gasteiger partial charge in [0.1, 0.15) is 0 Å². The average molecular weight is 334 g/mol. The smallest absolute Gasteiger partial charge is 0.255 e. The lowest BCUT2D eigenvalue weighted by Crippen LogP contribution is -2.11. The molecule has 1 aliphatic rings. The third-order valence-electron chi connectivity index (χ3n) is 4.42. The maximum atomic E-state index is 12.5. The monoisotopic (exact) mass is 334 g/mol. The number of amides is 1. The second-order valence-electron chi connectivity index (χ2n) is 6.18. The van der Waals surface area contributed by atoms with Crippen LogP contribution in [-0.4, -0.2) is 11.9 Å². The molecule has 3 nitrogen and oxygen atoms in total. The summed E-state index contributed by atoms with van der Waals surface area (Å²) in [6.07, 6.45) is 1.06. The van der Waals surface area contributed by atoms with E-state index in [9.17, 15) is 4.79 Å². The zero-order valence-electron chi connectivity index (χ0n) is 13.1. The van der Waals surface area contributed by atoms with E-state index >= 15 is 0 Å². The van der Waals surface area contributed by atoms with Crippen molar-refractivity contribution in [3.8, 4) is 11.1 Å². The van der Waals surface area contributed by atoms with Gasteiger partial charge in [-0.1, -0.05) is 24.3 Å². The molecule has 120 valence electrons. The zero-order valence-corrected chi connectivity index (χ0v) is 13.9. The third-order valence-corrected chi connectivity index (χ3v) is 5.10. The van der Waals surface area contributed by atoms with Crippen LogP contribution in [0.25, 0.3) is 11.1 Å². The molecule has 4 heteroatoms. The van der Waals surface area contributed by atoms with Gasteiger partial charge >= 0.3 is 0 Å². The topological polar surface area (TPSA) is 55.1 Å². The van der Waals surface area contributed by atoms with Crippen molar-refractivity contribution in [3.63, 3.8) is 0 Å². The van der Waals surface area contributed by atoms with Gasteiger partial charge in [-0.05, 0) is 64.2 Å². The summed E-state index contributed by atoms with van der Waals surface area (Å²) in [7, 11) is 0. The fraction of sp³-hybridized carbons (Fsp3) is 0.150. The first kappa shape index (κ1) is 15.1. The Balaban J connectivity index is 1.49. The molecule has 0 saturated heterocycles. The van der Waals surface area contributed by atoms with Gasteiger partial charge in [0.05, 0.1) is 0 Å². The summed E-state index contributed by atoms with van der Waals surface area (Å²) in [6.45, 7) is 0. The first-order chi connectivity index (χ1) is 11.7. The second kappa shape index (κ2) is 6.23. The molecule has 3 aromatic rings. The van der Waals surface area contributed by atoms with E-state index in [4.69, 9.17) is 5.73 Å². The van der Waals surface area contributed by atoms with E-state index in [1.54, 1.807) is 11.3 Å². The molecule has 2 unspecified atom stereocenters. The van der Waals surface area contributed by atoms with Crippen molar-refractivity contribution in [3.05, 3.63) is 76.5 Å². The van der Waals surface area contributed by atoms with Crippen molar-refractivity contribution in [1.29, 1.82) is 0 Å².